The summed E-state index contributed by atoms with van der Waals surface area (Å²) in [4.78, 5) is 26.0. The van der Waals surface area contributed by atoms with Crippen LogP contribution in [0.5, 0.6) is 0 Å². The molecule has 184 valence electrons. The smallest absolute Gasteiger partial charge is 0.341 e. The second-order valence-corrected chi connectivity index (χ2v) is 12.5. The van der Waals surface area contributed by atoms with E-state index in [0.29, 0.717) is 22.6 Å². The van der Waals surface area contributed by atoms with Crippen LogP contribution in [0.25, 0.3) is 0 Å². The molecular formula is C25H34N4O3S2. The van der Waals surface area contributed by atoms with E-state index in [9.17, 15) is 9.59 Å². The van der Waals surface area contributed by atoms with Gasteiger partial charge >= 0.3 is 5.97 Å². The molecule has 0 radical (unpaired) electrons. The van der Waals surface area contributed by atoms with Crippen molar-refractivity contribution in [3.63, 3.8) is 0 Å². The number of amides is 1. The summed E-state index contributed by atoms with van der Waals surface area (Å²) in [6.45, 7) is 4.10. The Morgan fingerprint density at radius 1 is 1.18 bits per heavy atom. The number of carbonyl (C=O) groups excluding carboxylic acids is 2. The summed E-state index contributed by atoms with van der Waals surface area (Å²) in [5.41, 5.74) is 0.840. The number of thioether (sulfide) groups is 1. The minimum atomic E-state index is -0.399. The first-order valence-electron chi connectivity index (χ1n) is 12.5. The number of aromatic nitrogens is 3. The average Bonchev–Trinajstić information content (AvgIpc) is 3.34. The van der Waals surface area contributed by atoms with Crippen LogP contribution in [0, 0.1) is 23.2 Å². The van der Waals surface area contributed by atoms with Crippen LogP contribution in [0.4, 0.5) is 5.00 Å². The average molecular weight is 503 g/mol. The van der Waals surface area contributed by atoms with E-state index < -0.39 is 5.97 Å². The zero-order chi connectivity index (χ0) is 23.9. The normalized spacial score (nSPS) is 27.2. The zero-order valence-corrected chi connectivity index (χ0v) is 21.9. The molecule has 2 aromatic rings. The minimum absolute atomic E-state index is 0.161. The van der Waals surface area contributed by atoms with Crippen molar-refractivity contribution >= 4 is 40.0 Å². The number of anilines is 1. The lowest BCUT2D eigenvalue weighted by Crippen LogP contribution is -2.47. The lowest BCUT2D eigenvalue weighted by Gasteiger charge is -2.56. The first-order chi connectivity index (χ1) is 16.4. The van der Waals surface area contributed by atoms with E-state index >= 15 is 0 Å². The first-order valence-corrected chi connectivity index (χ1v) is 14.3. The highest BCUT2D eigenvalue weighted by molar-refractivity contribution is 7.99. The van der Waals surface area contributed by atoms with Crippen molar-refractivity contribution in [1.82, 2.24) is 14.8 Å². The van der Waals surface area contributed by atoms with Gasteiger partial charge in [-0.3, -0.25) is 4.79 Å². The van der Waals surface area contributed by atoms with Crippen LogP contribution in [0.3, 0.4) is 0 Å². The van der Waals surface area contributed by atoms with Gasteiger partial charge in [0, 0.05) is 18.3 Å². The number of nitrogens with zero attached hydrogens (tertiary/aromatic N) is 3. The molecule has 4 fully saturated rings. The van der Waals surface area contributed by atoms with E-state index in [1.807, 2.05) is 20.0 Å². The lowest BCUT2D eigenvalue weighted by atomic mass is 9.49. The number of nitrogens with one attached hydrogen (secondary N) is 1. The molecule has 0 aromatic carbocycles. The van der Waals surface area contributed by atoms with Crippen molar-refractivity contribution < 1.29 is 14.3 Å². The second kappa shape index (κ2) is 9.64. The summed E-state index contributed by atoms with van der Waals surface area (Å²) < 4.78 is 7.22. The van der Waals surface area contributed by atoms with Crippen molar-refractivity contribution in [2.75, 3.05) is 17.7 Å². The van der Waals surface area contributed by atoms with Crippen LogP contribution < -0.4 is 5.32 Å². The van der Waals surface area contributed by atoms with Crippen molar-refractivity contribution in [2.24, 2.45) is 30.2 Å². The number of rotatable bonds is 9. The Morgan fingerprint density at radius 2 is 1.85 bits per heavy atom. The Balaban J connectivity index is 1.20. The van der Waals surface area contributed by atoms with E-state index in [4.69, 9.17) is 4.74 Å². The quantitative estimate of drug-likeness (QED) is 0.379. The predicted molar refractivity (Wildman–Crippen MR) is 134 cm³/mol. The largest absolute Gasteiger partial charge is 0.462 e. The van der Waals surface area contributed by atoms with Gasteiger partial charge in [0.05, 0.1) is 17.9 Å². The number of esters is 1. The summed E-state index contributed by atoms with van der Waals surface area (Å²) in [6.07, 6.45) is 10.2. The molecular weight excluding hydrogens is 468 g/mol. The molecule has 9 heteroatoms. The number of hydrogen-bond acceptors (Lipinski definition) is 7. The number of ether oxygens (including phenoxy) is 1. The molecule has 4 saturated carbocycles. The van der Waals surface area contributed by atoms with E-state index in [2.05, 4.69) is 20.1 Å². The maximum atomic E-state index is 12.7. The van der Waals surface area contributed by atoms with Crippen LogP contribution >= 0.6 is 23.1 Å². The van der Waals surface area contributed by atoms with Crippen molar-refractivity contribution in [1.29, 1.82) is 0 Å². The number of aryl methyl sites for hydroxylation is 1. The van der Waals surface area contributed by atoms with Crippen LogP contribution in [0.1, 0.15) is 73.4 Å². The third kappa shape index (κ3) is 4.78. The number of thiophene rings is 1. The van der Waals surface area contributed by atoms with Gasteiger partial charge in [0.15, 0.2) is 5.16 Å². The highest BCUT2D eigenvalue weighted by atomic mass is 32.2. The van der Waals surface area contributed by atoms with Gasteiger partial charge in [0.2, 0.25) is 5.91 Å². The van der Waals surface area contributed by atoms with E-state index in [1.165, 1.54) is 61.6 Å². The molecule has 7 nitrogen and oxygen atoms in total. The molecule has 2 heterocycles. The Bertz CT molecular complexity index is 1040. The highest BCUT2D eigenvalue weighted by Crippen LogP contribution is 2.61. The monoisotopic (exact) mass is 502 g/mol. The van der Waals surface area contributed by atoms with Gasteiger partial charge in [-0.05, 0) is 81.1 Å². The molecule has 6 rings (SSSR count). The van der Waals surface area contributed by atoms with Gasteiger partial charge in [-0.15, -0.1) is 21.5 Å². The van der Waals surface area contributed by atoms with Crippen LogP contribution in [0.2, 0.25) is 0 Å². The molecule has 0 unspecified atom stereocenters. The van der Waals surface area contributed by atoms with E-state index in [-0.39, 0.29) is 11.7 Å². The van der Waals surface area contributed by atoms with Gasteiger partial charge in [-0.2, -0.15) is 0 Å². The molecule has 2 aromatic heterocycles. The fraction of sp³-hybridized carbons (Fsp3) is 0.680. The van der Waals surface area contributed by atoms with Gasteiger partial charge < -0.3 is 14.6 Å². The Hall–Kier alpha value is -1.87. The van der Waals surface area contributed by atoms with Crippen molar-refractivity contribution in [2.45, 2.75) is 70.4 Å². The van der Waals surface area contributed by atoms with E-state index in [0.717, 1.165) is 46.5 Å². The van der Waals surface area contributed by atoms with Gasteiger partial charge in [0.1, 0.15) is 10.8 Å². The maximum absolute atomic E-state index is 12.7. The van der Waals surface area contributed by atoms with Crippen LogP contribution in [-0.2, 0) is 29.4 Å². The summed E-state index contributed by atoms with van der Waals surface area (Å²) in [5, 5.41) is 13.2. The Morgan fingerprint density at radius 3 is 2.47 bits per heavy atom. The molecule has 0 spiro atoms. The third-order valence-electron chi connectivity index (χ3n) is 7.84. The zero-order valence-electron chi connectivity index (χ0n) is 20.3. The SMILES string of the molecule is CCOC(=O)c1cc(CC)sc1NC(=O)CSc1nnc(CC23CC4CC(CC(C4)C2)C3)n1C. The molecule has 0 aliphatic heterocycles. The first kappa shape index (κ1) is 23.9. The Labute approximate surface area is 209 Å². The van der Waals surface area contributed by atoms with Crippen LogP contribution in [0.15, 0.2) is 11.2 Å². The van der Waals surface area contributed by atoms with Crippen molar-refractivity contribution in [3.8, 4) is 0 Å². The lowest BCUT2D eigenvalue weighted by molar-refractivity contribution is -0.113. The van der Waals surface area contributed by atoms with Crippen LogP contribution in [-0.4, -0.2) is 39.0 Å². The molecule has 1 amide bonds. The number of carbonyl (C=O) groups is 2. The molecule has 34 heavy (non-hydrogen) atoms. The summed E-state index contributed by atoms with van der Waals surface area (Å²) >= 11 is 2.82. The van der Waals surface area contributed by atoms with Gasteiger partial charge in [-0.25, -0.2) is 4.79 Å². The predicted octanol–water partition coefficient (Wildman–Crippen LogP) is 5.11. The van der Waals surface area contributed by atoms with Gasteiger partial charge in [-0.1, -0.05) is 18.7 Å². The second-order valence-electron chi connectivity index (χ2n) is 10.4. The topological polar surface area (TPSA) is 86.1 Å². The maximum Gasteiger partial charge on any atom is 0.341 e. The third-order valence-corrected chi connectivity index (χ3v) is 10.1. The summed E-state index contributed by atoms with van der Waals surface area (Å²) in [5.74, 6) is 3.45. The van der Waals surface area contributed by atoms with Gasteiger partial charge in [0.25, 0.3) is 0 Å². The fourth-order valence-electron chi connectivity index (χ4n) is 6.83. The summed E-state index contributed by atoms with van der Waals surface area (Å²) in [7, 11) is 2.02. The van der Waals surface area contributed by atoms with Crippen molar-refractivity contribution in [3.05, 3.63) is 22.3 Å². The summed E-state index contributed by atoms with van der Waals surface area (Å²) in [6, 6.07) is 1.81. The minimum Gasteiger partial charge on any atom is -0.462 e. The molecule has 4 aliphatic rings. The fourth-order valence-corrected chi connectivity index (χ4v) is 8.56. The molecule has 0 atom stereocenters. The number of hydrogen-bond donors (Lipinski definition) is 1. The van der Waals surface area contributed by atoms with E-state index in [1.54, 1.807) is 6.92 Å². The molecule has 1 N–H and O–H groups in total. The standard InChI is InChI=1S/C25H34N4O3S2/c1-4-18-9-19(23(31)32-5-2)22(34-18)26-21(30)14-33-24-28-27-20(29(24)3)13-25-10-15-6-16(11-25)8-17(7-15)12-25/h9,15-17H,4-8,10-14H2,1-3H3,(H,26,30). The highest BCUT2D eigenvalue weighted by Gasteiger charge is 2.51. The molecule has 4 aliphatic carbocycles. The molecule has 4 bridgehead atoms. The molecule has 0 saturated heterocycles. The Kier molecular flexibility index (Phi) is 6.77.